The smallest absolute Gasteiger partial charge is 0.226 e. The first kappa shape index (κ1) is 14.7. The molecule has 0 unspecified atom stereocenters. The molecule has 116 valence electrons. The number of rotatable bonds is 6. The summed E-state index contributed by atoms with van der Waals surface area (Å²) in [4.78, 5) is 19.9. The summed E-state index contributed by atoms with van der Waals surface area (Å²) in [6.07, 6.45) is 4.99. The number of ether oxygens (including phenoxy) is 1. The first-order valence-electron chi connectivity index (χ1n) is 7.11. The molecule has 7 heteroatoms. The predicted octanol–water partition coefficient (Wildman–Crippen LogP) is 2.49. The summed E-state index contributed by atoms with van der Waals surface area (Å²) >= 11 is 0. The molecule has 1 aromatic carbocycles. The van der Waals surface area contributed by atoms with Gasteiger partial charge in [0.15, 0.2) is 0 Å². The van der Waals surface area contributed by atoms with Crippen molar-refractivity contribution < 1.29 is 9.53 Å². The van der Waals surface area contributed by atoms with Crippen LogP contribution in [0, 0.1) is 0 Å². The van der Waals surface area contributed by atoms with Crippen molar-refractivity contribution in [2.75, 3.05) is 5.32 Å². The Kier molecular flexibility index (Phi) is 4.58. The van der Waals surface area contributed by atoms with Gasteiger partial charge in [-0.2, -0.15) is 5.10 Å². The number of anilines is 1. The Bertz CT molecular complexity index is 759. The summed E-state index contributed by atoms with van der Waals surface area (Å²) in [7, 11) is 0. The van der Waals surface area contributed by atoms with Gasteiger partial charge >= 0.3 is 0 Å². The summed E-state index contributed by atoms with van der Waals surface area (Å²) < 4.78 is 7.25. The van der Waals surface area contributed by atoms with Gasteiger partial charge in [-0.25, -0.2) is 9.97 Å². The van der Waals surface area contributed by atoms with Gasteiger partial charge in [-0.3, -0.25) is 9.48 Å². The third kappa shape index (κ3) is 4.37. The van der Waals surface area contributed by atoms with Crippen LogP contribution in [0.2, 0.25) is 0 Å². The number of benzene rings is 1. The molecule has 2 aromatic heterocycles. The van der Waals surface area contributed by atoms with Gasteiger partial charge in [0.1, 0.15) is 18.4 Å². The van der Waals surface area contributed by atoms with Crippen molar-refractivity contribution in [3.8, 4) is 11.6 Å². The molecule has 0 bridgehead atoms. The number of hydrogen-bond acceptors (Lipinski definition) is 5. The summed E-state index contributed by atoms with van der Waals surface area (Å²) in [6.45, 7) is 0.482. The molecule has 0 atom stereocenters. The van der Waals surface area contributed by atoms with Crippen molar-refractivity contribution in [3.05, 3.63) is 61.3 Å². The lowest BCUT2D eigenvalue weighted by atomic mass is 10.3. The summed E-state index contributed by atoms with van der Waals surface area (Å²) in [5.74, 6) is 1.01. The Morgan fingerprint density at radius 1 is 1.22 bits per heavy atom. The van der Waals surface area contributed by atoms with Gasteiger partial charge in [0.25, 0.3) is 0 Å². The molecular formula is C16H15N5O2. The molecule has 3 aromatic rings. The maximum Gasteiger partial charge on any atom is 0.226 e. The molecule has 0 saturated heterocycles. The Morgan fingerprint density at radius 2 is 2.17 bits per heavy atom. The van der Waals surface area contributed by atoms with Crippen LogP contribution in [0.3, 0.4) is 0 Å². The van der Waals surface area contributed by atoms with E-state index in [0.717, 1.165) is 0 Å². The minimum absolute atomic E-state index is 0.101. The van der Waals surface area contributed by atoms with Crippen molar-refractivity contribution in [1.29, 1.82) is 0 Å². The maximum atomic E-state index is 12.0. The quantitative estimate of drug-likeness (QED) is 0.756. The molecule has 1 N–H and O–H groups in total. The van der Waals surface area contributed by atoms with Crippen LogP contribution < -0.4 is 10.1 Å². The van der Waals surface area contributed by atoms with Crippen molar-refractivity contribution in [2.45, 2.75) is 13.0 Å². The molecule has 0 aliphatic heterocycles. The van der Waals surface area contributed by atoms with E-state index in [4.69, 9.17) is 4.74 Å². The number of pyridine rings is 1. The second kappa shape index (κ2) is 7.17. The van der Waals surface area contributed by atoms with Crippen LogP contribution in [0.15, 0.2) is 61.3 Å². The zero-order chi connectivity index (χ0) is 15.9. The maximum absolute atomic E-state index is 12.0. The normalized spacial score (nSPS) is 10.3. The van der Waals surface area contributed by atoms with Crippen LogP contribution in [0.1, 0.15) is 6.42 Å². The Balaban J connectivity index is 1.57. The first-order valence-corrected chi connectivity index (χ1v) is 7.11. The number of nitrogens with one attached hydrogen (secondary N) is 1. The van der Waals surface area contributed by atoms with Gasteiger partial charge < -0.3 is 10.1 Å². The van der Waals surface area contributed by atoms with Crippen molar-refractivity contribution in [2.24, 2.45) is 0 Å². The molecule has 0 saturated carbocycles. The van der Waals surface area contributed by atoms with E-state index in [9.17, 15) is 4.79 Å². The lowest BCUT2D eigenvalue weighted by molar-refractivity contribution is -0.116. The van der Waals surface area contributed by atoms with E-state index in [0.29, 0.717) is 30.3 Å². The number of nitrogens with zero attached hydrogens (tertiary/aromatic N) is 4. The second-order valence-corrected chi connectivity index (χ2v) is 4.75. The predicted molar refractivity (Wildman–Crippen MR) is 84.0 cm³/mol. The van der Waals surface area contributed by atoms with E-state index < -0.39 is 0 Å². The zero-order valence-electron chi connectivity index (χ0n) is 12.3. The van der Waals surface area contributed by atoms with Gasteiger partial charge in [0, 0.05) is 30.4 Å². The van der Waals surface area contributed by atoms with Crippen LogP contribution in [-0.2, 0) is 11.3 Å². The van der Waals surface area contributed by atoms with Gasteiger partial charge in [-0.05, 0) is 18.2 Å². The van der Waals surface area contributed by atoms with E-state index >= 15 is 0 Å². The fraction of sp³-hybridized carbons (Fsp3) is 0.125. The highest BCUT2D eigenvalue weighted by Crippen LogP contribution is 2.22. The van der Waals surface area contributed by atoms with Crippen molar-refractivity contribution in [1.82, 2.24) is 19.7 Å². The van der Waals surface area contributed by atoms with E-state index in [1.807, 2.05) is 18.2 Å². The summed E-state index contributed by atoms with van der Waals surface area (Å²) in [6, 6.07) is 12.6. The molecule has 0 radical (unpaired) electrons. The number of carbonyl (C=O) groups excluding carboxylic acids is 1. The minimum Gasteiger partial charge on any atom is -0.439 e. The topological polar surface area (TPSA) is 81.9 Å². The third-order valence-electron chi connectivity index (χ3n) is 3.01. The fourth-order valence-corrected chi connectivity index (χ4v) is 1.95. The highest BCUT2D eigenvalue weighted by Gasteiger charge is 2.05. The molecule has 7 nitrogen and oxygen atoms in total. The van der Waals surface area contributed by atoms with Gasteiger partial charge in [0.05, 0.1) is 6.54 Å². The molecule has 0 spiro atoms. The highest BCUT2D eigenvalue weighted by molar-refractivity contribution is 5.90. The molecule has 0 fully saturated rings. The van der Waals surface area contributed by atoms with E-state index in [1.165, 1.54) is 6.33 Å². The van der Waals surface area contributed by atoms with Crippen LogP contribution in [0.25, 0.3) is 0 Å². The zero-order valence-corrected chi connectivity index (χ0v) is 12.3. The van der Waals surface area contributed by atoms with E-state index in [1.54, 1.807) is 41.5 Å². The molecule has 23 heavy (non-hydrogen) atoms. The number of amides is 1. The van der Waals surface area contributed by atoms with Gasteiger partial charge in [-0.1, -0.05) is 12.1 Å². The third-order valence-corrected chi connectivity index (χ3v) is 3.01. The van der Waals surface area contributed by atoms with Crippen molar-refractivity contribution >= 4 is 11.6 Å². The Morgan fingerprint density at radius 3 is 2.96 bits per heavy atom. The molecule has 3 rings (SSSR count). The molecule has 0 aliphatic carbocycles. The number of aryl methyl sites for hydroxylation is 1. The van der Waals surface area contributed by atoms with Crippen LogP contribution >= 0.6 is 0 Å². The van der Waals surface area contributed by atoms with Crippen LogP contribution in [0.5, 0.6) is 11.6 Å². The van der Waals surface area contributed by atoms with E-state index in [2.05, 4.69) is 20.4 Å². The second-order valence-electron chi connectivity index (χ2n) is 4.75. The number of aromatic nitrogens is 4. The summed E-state index contributed by atoms with van der Waals surface area (Å²) in [5, 5.41) is 6.78. The lowest BCUT2D eigenvalue weighted by Gasteiger charge is -2.08. The Hall–Kier alpha value is -3.22. The molecule has 2 heterocycles. The molecular weight excluding hydrogens is 294 g/mol. The average molecular weight is 309 g/mol. The minimum atomic E-state index is -0.101. The Labute approximate surface area is 133 Å². The fourth-order valence-electron chi connectivity index (χ4n) is 1.95. The van der Waals surface area contributed by atoms with Gasteiger partial charge in [-0.15, -0.1) is 0 Å². The van der Waals surface area contributed by atoms with Crippen LogP contribution in [-0.4, -0.2) is 25.7 Å². The SMILES string of the molecule is O=C(CCn1cncn1)Nc1cccc(Oc2ccccn2)c1. The standard InChI is InChI=1S/C16H15N5O2/c22-15(7-9-21-12-17-11-19-21)20-13-4-3-5-14(10-13)23-16-6-1-2-8-18-16/h1-6,8,10-12H,7,9H2,(H,20,22). The van der Waals surface area contributed by atoms with E-state index in [-0.39, 0.29) is 5.91 Å². The van der Waals surface area contributed by atoms with Gasteiger partial charge in [0.2, 0.25) is 11.8 Å². The number of carbonyl (C=O) groups is 1. The van der Waals surface area contributed by atoms with Crippen LogP contribution in [0.4, 0.5) is 5.69 Å². The largest absolute Gasteiger partial charge is 0.439 e. The van der Waals surface area contributed by atoms with Crippen molar-refractivity contribution in [3.63, 3.8) is 0 Å². The molecule has 1 amide bonds. The number of hydrogen-bond donors (Lipinski definition) is 1. The lowest BCUT2D eigenvalue weighted by Crippen LogP contribution is -2.14. The first-order chi connectivity index (χ1) is 11.3. The monoisotopic (exact) mass is 309 g/mol. The highest BCUT2D eigenvalue weighted by atomic mass is 16.5. The average Bonchev–Trinajstić information content (AvgIpc) is 3.08. The summed E-state index contributed by atoms with van der Waals surface area (Å²) in [5.41, 5.74) is 0.669. The molecule has 0 aliphatic rings.